The molecular weight excluding hydrogens is 326 g/mol. The highest BCUT2D eigenvalue weighted by Crippen LogP contribution is 2.28. The summed E-state index contributed by atoms with van der Waals surface area (Å²) in [5.74, 6) is 0.102. The number of likely N-dealkylation sites (N-methyl/N-ethyl adjacent to an activating group) is 1. The van der Waals surface area contributed by atoms with Crippen LogP contribution in [0, 0.1) is 13.8 Å². The molecule has 0 bridgehead atoms. The number of hydrogen-bond donors (Lipinski definition) is 0. The second-order valence-electron chi connectivity index (χ2n) is 7.20. The third-order valence-corrected chi connectivity index (χ3v) is 5.10. The van der Waals surface area contributed by atoms with Crippen molar-refractivity contribution in [2.24, 2.45) is 0 Å². The van der Waals surface area contributed by atoms with Crippen LogP contribution in [0.1, 0.15) is 54.4 Å². The molecule has 5 heteroatoms. The predicted octanol–water partition coefficient (Wildman–Crippen LogP) is 3.61. The van der Waals surface area contributed by atoms with Crippen LogP contribution in [0.15, 0.2) is 30.3 Å². The minimum atomic E-state index is -0.252. The molecule has 0 spiro atoms. The van der Waals surface area contributed by atoms with Gasteiger partial charge in [0.15, 0.2) is 0 Å². The maximum atomic E-state index is 13.2. The molecule has 1 aromatic heterocycles. The van der Waals surface area contributed by atoms with Gasteiger partial charge in [0.1, 0.15) is 12.1 Å². The Morgan fingerprint density at radius 1 is 1.38 bits per heavy atom. The largest absolute Gasteiger partial charge is 0.371 e. The fourth-order valence-corrected chi connectivity index (χ4v) is 3.81. The van der Waals surface area contributed by atoms with E-state index in [9.17, 15) is 4.79 Å². The van der Waals surface area contributed by atoms with Crippen molar-refractivity contribution in [3.05, 3.63) is 52.8 Å². The van der Waals surface area contributed by atoms with Gasteiger partial charge in [-0.1, -0.05) is 37.6 Å². The van der Waals surface area contributed by atoms with Gasteiger partial charge in [-0.2, -0.15) is 5.10 Å². The van der Waals surface area contributed by atoms with Crippen molar-refractivity contribution in [3.8, 4) is 0 Å². The normalized spacial score (nSPS) is 17.6. The van der Waals surface area contributed by atoms with Gasteiger partial charge in [-0.3, -0.25) is 9.48 Å². The van der Waals surface area contributed by atoms with Crippen LogP contribution in [-0.2, 0) is 16.0 Å². The van der Waals surface area contributed by atoms with Gasteiger partial charge >= 0.3 is 0 Å². The van der Waals surface area contributed by atoms with Crippen molar-refractivity contribution in [3.63, 3.8) is 0 Å². The first kappa shape index (κ1) is 18.6. The molecule has 0 saturated heterocycles. The van der Waals surface area contributed by atoms with E-state index in [0.717, 1.165) is 30.7 Å². The van der Waals surface area contributed by atoms with Crippen LogP contribution in [0.25, 0.3) is 0 Å². The SMILES string of the molecule is CCC[C@@H](C(=O)N(C)C[C@H]1OCCc2ccccc21)n1nc(C)cc1C. The monoisotopic (exact) mass is 355 g/mol. The van der Waals surface area contributed by atoms with E-state index in [1.165, 1.54) is 11.1 Å². The Bertz CT molecular complexity index is 768. The van der Waals surface area contributed by atoms with Gasteiger partial charge < -0.3 is 9.64 Å². The Morgan fingerprint density at radius 3 is 2.85 bits per heavy atom. The Morgan fingerprint density at radius 2 is 2.15 bits per heavy atom. The minimum absolute atomic E-state index is 0.0587. The van der Waals surface area contributed by atoms with Crippen LogP contribution in [0.3, 0.4) is 0 Å². The molecule has 5 nitrogen and oxygen atoms in total. The molecule has 1 amide bonds. The van der Waals surface area contributed by atoms with E-state index >= 15 is 0 Å². The number of carbonyl (C=O) groups is 1. The average molecular weight is 355 g/mol. The predicted molar refractivity (Wildman–Crippen MR) is 102 cm³/mol. The molecule has 0 radical (unpaired) electrons. The molecule has 0 fully saturated rings. The second-order valence-corrected chi connectivity index (χ2v) is 7.20. The quantitative estimate of drug-likeness (QED) is 0.795. The molecule has 26 heavy (non-hydrogen) atoms. The maximum Gasteiger partial charge on any atom is 0.247 e. The summed E-state index contributed by atoms with van der Waals surface area (Å²) >= 11 is 0. The van der Waals surface area contributed by atoms with Gasteiger partial charge in [-0.05, 0) is 43.9 Å². The van der Waals surface area contributed by atoms with Crippen LogP contribution in [-0.4, -0.2) is 40.8 Å². The van der Waals surface area contributed by atoms with E-state index in [4.69, 9.17) is 4.74 Å². The molecule has 0 aliphatic carbocycles. The lowest BCUT2D eigenvalue weighted by atomic mass is 9.97. The zero-order valence-corrected chi connectivity index (χ0v) is 16.2. The topological polar surface area (TPSA) is 47.4 Å². The summed E-state index contributed by atoms with van der Waals surface area (Å²) in [4.78, 5) is 15.0. The maximum absolute atomic E-state index is 13.2. The Labute approximate surface area is 156 Å². The number of amides is 1. The second kappa shape index (κ2) is 8.04. The lowest BCUT2D eigenvalue weighted by Gasteiger charge is -2.31. The molecule has 1 aromatic carbocycles. The summed E-state index contributed by atoms with van der Waals surface area (Å²) in [5, 5.41) is 4.55. The van der Waals surface area contributed by atoms with Crippen LogP contribution in [0.4, 0.5) is 0 Å². The number of aryl methyl sites for hydroxylation is 2. The molecule has 140 valence electrons. The summed E-state index contributed by atoms with van der Waals surface area (Å²) in [7, 11) is 1.87. The Balaban J connectivity index is 1.77. The summed E-state index contributed by atoms with van der Waals surface area (Å²) in [5.41, 5.74) is 4.51. The molecule has 0 saturated carbocycles. The summed E-state index contributed by atoms with van der Waals surface area (Å²) in [6, 6.07) is 10.1. The van der Waals surface area contributed by atoms with E-state index in [1.54, 1.807) is 0 Å². The summed E-state index contributed by atoms with van der Waals surface area (Å²) in [6.45, 7) is 7.35. The van der Waals surface area contributed by atoms with Gasteiger partial charge in [0, 0.05) is 12.7 Å². The number of aromatic nitrogens is 2. The molecule has 3 rings (SSSR count). The number of hydrogen-bond acceptors (Lipinski definition) is 3. The first-order valence-corrected chi connectivity index (χ1v) is 9.48. The summed E-state index contributed by atoms with van der Waals surface area (Å²) < 4.78 is 7.86. The van der Waals surface area contributed by atoms with Crippen LogP contribution < -0.4 is 0 Å². The average Bonchev–Trinajstić information content (AvgIpc) is 2.97. The Kier molecular flexibility index (Phi) is 5.77. The Hall–Kier alpha value is -2.14. The zero-order valence-electron chi connectivity index (χ0n) is 16.2. The highest BCUT2D eigenvalue weighted by atomic mass is 16.5. The molecule has 0 N–H and O–H groups in total. The lowest BCUT2D eigenvalue weighted by molar-refractivity contribution is -0.136. The number of ether oxygens (including phenoxy) is 1. The lowest BCUT2D eigenvalue weighted by Crippen LogP contribution is -2.39. The summed E-state index contributed by atoms with van der Waals surface area (Å²) in [6.07, 6.45) is 2.60. The van der Waals surface area contributed by atoms with Crippen molar-refractivity contribution in [2.45, 2.75) is 52.2 Å². The van der Waals surface area contributed by atoms with Gasteiger partial charge in [0.2, 0.25) is 5.91 Å². The first-order valence-electron chi connectivity index (χ1n) is 9.48. The van der Waals surface area contributed by atoms with Crippen LogP contribution in [0.2, 0.25) is 0 Å². The highest BCUT2D eigenvalue weighted by Gasteiger charge is 2.29. The van der Waals surface area contributed by atoms with Crippen molar-refractivity contribution in [2.75, 3.05) is 20.2 Å². The smallest absolute Gasteiger partial charge is 0.247 e. The number of nitrogens with zero attached hydrogens (tertiary/aromatic N) is 3. The minimum Gasteiger partial charge on any atom is -0.371 e. The molecular formula is C21H29N3O2. The molecule has 1 aliphatic heterocycles. The van der Waals surface area contributed by atoms with E-state index in [0.29, 0.717) is 13.2 Å². The van der Waals surface area contributed by atoms with Crippen molar-refractivity contribution in [1.29, 1.82) is 0 Å². The van der Waals surface area contributed by atoms with E-state index in [2.05, 4.69) is 30.2 Å². The molecule has 0 unspecified atom stereocenters. The number of rotatable bonds is 6. The van der Waals surface area contributed by atoms with Gasteiger partial charge in [0.25, 0.3) is 0 Å². The molecule has 2 aromatic rings. The standard InChI is InChI=1S/C21H29N3O2/c1-5-8-19(24-16(3)13-15(2)22-24)21(25)23(4)14-20-18-10-7-6-9-17(18)11-12-26-20/h6-7,9-10,13,19-20H,5,8,11-12,14H2,1-4H3/t19-,20+/m0/s1. The van der Waals surface area contributed by atoms with E-state index in [-0.39, 0.29) is 18.1 Å². The fraction of sp³-hybridized carbons (Fsp3) is 0.524. The number of benzene rings is 1. The third-order valence-electron chi connectivity index (χ3n) is 5.10. The van der Waals surface area contributed by atoms with Crippen molar-refractivity contribution < 1.29 is 9.53 Å². The molecule has 2 heterocycles. The van der Waals surface area contributed by atoms with Crippen molar-refractivity contribution >= 4 is 5.91 Å². The van der Waals surface area contributed by atoms with E-state index in [1.807, 2.05) is 42.6 Å². The number of fused-ring (bicyclic) bond motifs is 1. The van der Waals surface area contributed by atoms with Crippen molar-refractivity contribution in [1.82, 2.24) is 14.7 Å². The third kappa shape index (κ3) is 3.83. The molecule has 2 atom stereocenters. The first-order chi connectivity index (χ1) is 12.5. The van der Waals surface area contributed by atoms with Crippen LogP contribution in [0.5, 0.6) is 0 Å². The highest BCUT2D eigenvalue weighted by molar-refractivity contribution is 5.80. The number of carbonyl (C=O) groups excluding carboxylic acids is 1. The van der Waals surface area contributed by atoms with E-state index < -0.39 is 0 Å². The fourth-order valence-electron chi connectivity index (χ4n) is 3.81. The molecule has 1 aliphatic rings. The van der Waals surface area contributed by atoms with Gasteiger partial charge in [-0.25, -0.2) is 0 Å². The zero-order chi connectivity index (χ0) is 18.7. The van der Waals surface area contributed by atoms with Crippen LogP contribution >= 0.6 is 0 Å². The van der Waals surface area contributed by atoms with Gasteiger partial charge in [-0.15, -0.1) is 0 Å². The van der Waals surface area contributed by atoms with Gasteiger partial charge in [0.05, 0.1) is 18.8 Å².